The van der Waals surface area contributed by atoms with Gasteiger partial charge in [0.2, 0.25) is 5.75 Å². The van der Waals surface area contributed by atoms with Crippen molar-refractivity contribution in [1.82, 2.24) is 0 Å². The van der Waals surface area contributed by atoms with Gasteiger partial charge in [-0.1, -0.05) is 54.6 Å². The summed E-state index contributed by atoms with van der Waals surface area (Å²) in [6.45, 7) is 0. The Labute approximate surface area is 260 Å². The summed E-state index contributed by atoms with van der Waals surface area (Å²) in [6.07, 6.45) is 3.84. The fourth-order valence-electron chi connectivity index (χ4n) is 7.50. The number of ketones is 3. The second-order valence-electron chi connectivity index (χ2n) is 11.3. The van der Waals surface area contributed by atoms with Crippen LogP contribution >= 0.6 is 0 Å². The molecule has 0 aromatic heterocycles. The maximum atomic E-state index is 14.9. The Morgan fingerprint density at radius 2 is 1.33 bits per heavy atom. The summed E-state index contributed by atoms with van der Waals surface area (Å²) >= 11 is 0. The number of nitrogens with zero attached hydrogens (tertiary/aromatic N) is 1. The van der Waals surface area contributed by atoms with Crippen molar-refractivity contribution in [2.24, 2.45) is 5.41 Å². The van der Waals surface area contributed by atoms with Gasteiger partial charge in [0.25, 0.3) is 0 Å². The molecule has 8 nitrogen and oxygen atoms in total. The van der Waals surface area contributed by atoms with E-state index in [4.69, 9.17) is 18.9 Å². The van der Waals surface area contributed by atoms with Crippen LogP contribution in [0, 0.1) is 5.41 Å². The third kappa shape index (κ3) is 3.88. The van der Waals surface area contributed by atoms with Crippen LogP contribution in [0.3, 0.4) is 0 Å². The van der Waals surface area contributed by atoms with Gasteiger partial charge in [0.1, 0.15) is 17.2 Å². The summed E-state index contributed by atoms with van der Waals surface area (Å²) in [4.78, 5) is 46.7. The lowest BCUT2D eigenvalue weighted by Crippen LogP contribution is -2.48. The lowest BCUT2D eigenvalue weighted by molar-refractivity contribution is 0.0665. The van der Waals surface area contributed by atoms with Crippen LogP contribution in [0.25, 0.3) is 6.08 Å². The predicted molar refractivity (Wildman–Crippen MR) is 169 cm³/mol. The van der Waals surface area contributed by atoms with E-state index in [9.17, 15) is 14.4 Å². The smallest absolute Gasteiger partial charge is 0.203 e. The molecule has 1 aliphatic carbocycles. The highest BCUT2D eigenvalue weighted by molar-refractivity contribution is 6.32. The minimum Gasteiger partial charge on any atom is -0.497 e. The number of ether oxygens (including phenoxy) is 4. The molecule has 45 heavy (non-hydrogen) atoms. The minimum absolute atomic E-state index is 0.236. The molecule has 7 rings (SSSR count). The van der Waals surface area contributed by atoms with E-state index >= 15 is 0 Å². The van der Waals surface area contributed by atoms with E-state index in [1.165, 1.54) is 21.3 Å². The van der Waals surface area contributed by atoms with Crippen molar-refractivity contribution >= 4 is 29.1 Å². The van der Waals surface area contributed by atoms with Gasteiger partial charge < -0.3 is 23.8 Å². The molecule has 0 N–H and O–H groups in total. The van der Waals surface area contributed by atoms with Gasteiger partial charge in [0, 0.05) is 28.3 Å². The van der Waals surface area contributed by atoms with Gasteiger partial charge >= 0.3 is 0 Å². The maximum Gasteiger partial charge on any atom is 0.203 e. The predicted octanol–water partition coefficient (Wildman–Crippen LogP) is 6.04. The zero-order valence-electron chi connectivity index (χ0n) is 25.3. The molecule has 0 amide bonds. The summed E-state index contributed by atoms with van der Waals surface area (Å²) < 4.78 is 22.4. The molecule has 1 spiro atoms. The van der Waals surface area contributed by atoms with Crippen molar-refractivity contribution < 1.29 is 33.3 Å². The molecule has 0 bridgehead atoms. The number of carbonyl (C=O) groups excluding carboxylic acids is 3. The fourth-order valence-corrected chi connectivity index (χ4v) is 7.50. The standard InChI is InChI=1S/C37H31NO7/c1-42-24-16-13-22(14-17-24)33(39)32-31(23-19-28(43-2)34(45-4)29(20-23)44-3)37(35(40)25-10-6-7-11-26(25)36(37)41)30-18-15-21-9-5-8-12-27(21)38(30)32/h5-20,30-32H,1-4H3/t30-,31-,32+/m0/s1. The number of carbonyl (C=O) groups is 3. The highest BCUT2D eigenvalue weighted by atomic mass is 16.5. The van der Waals surface area contributed by atoms with Gasteiger partial charge in [-0.25, -0.2) is 0 Å². The van der Waals surface area contributed by atoms with Crippen LogP contribution in [0.15, 0.2) is 91.0 Å². The number of methoxy groups -OCH3 is 4. The summed E-state index contributed by atoms with van der Waals surface area (Å²) in [5.41, 5.74) is 1.67. The number of fused-ring (bicyclic) bond motifs is 5. The molecule has 4 aromatic rings. The van der Waals surface area contributed by atoms with Gasteiger partial charge in [0.15, 0.2) is 28.8 Å². The molecule has 0 radical (unpaired) electrons. The first-order valence-electron chi connectivity index (χ1n) is 14.6. The van der Waals surface area contributed by atoms with E-state index in [1.54, 1.807) is 67.8 Å². The molecule has 0 saturated carbocycles. The number of hydrogen-bond donors (Lipinski definition) is 0. The van der Waals surface area contributed by atoms with Crippen molar-refractivity contribution in [2.45, 2.75) is 18.0 Å². The average Bonchev–Trinajstić information content (AvgIpc) is 3.53. The zero-order valence-corrected chi connectivity index (χ0v) is 25.3. The fraction of sp³-hybridized carbons (Fsp3) is 0.216. The number of anilines is 1. The highest BCUT2D eigenvalue weighted by Gasteiger charge is 2.71. The monoisotopic (exact) mass is 601 g/mol. The first-order valence-corrected chi connectivity index (χ1v) is 14.6. The number of rotatable bonds is 7. The van der Waals surface area contributed by atoms with E-state index in [2.05, 4.69) is 0 Å². The Morgan fingerprint density at radius 3 is 1.91 bits per heavy atom. The maximum absolute atomic E-state index is 14.9. The lowest BCUT2D eigenvalue weighted by Gasteiger charge is -2.37. The van der Waals surface area contributed by atoms with Gasteiger partial charge in [0.05, 0.1) is 34.5 Å². The van der Waals surface area contributed by atoms with E-state index in [1.807, 2.05) is 41.3 Å². The van der Waals surface area contributed by atoms with Crippen LogP contribution in [0.4, 0.5) is 5.69 Å². The number of para-hydroxylation sites is 1. The number of benzene rings is 4. The van der Waals surface area contributed by atoms with Crippen molar-refractivity contribution in [3.63, 3.8) is 0 Å². The van der Waals surface area contributed by atoms with E-state index in [0.29, 0.717) is 45.3 Å². The van der Waals surface area contributed by atoms with Crippen LogP contribution in [0.2, 0.25) is 0 Å². The van der Waals surface area contributed by atoms with Crippen LogP contribution in [-0.2, 0) is 0 Å². The van der Waals surface area contributed by atoms with Crippen LogP contribution in [0.5, 0.6) is 23.0 Å². The molecule has 1 saturated heterocycles. The Bertz CT molecular complexity index is 1830. The molecule has 4 aromatic carbocycles. The molecule has 3 aliphatic rings. The first-order chi connectivity index (χ1) is 21.9. The quantitative estimate of drug-likeness (QED) is 0.187. The number of Topliss-reactive ketones (excluding diaryl/α,β-unsaturated/α-hetero) is 3. The van der Waals surface area contributed by atoms with Crippen LogP contribution < -0.4 is 23.8 Å². The SMILES string of the molecule is COc1ccc(C(=O)[C@H]2[C@H](c3cc(OC)c(OC)c(OC)c3)C3(C(=O)c4ccccc4C3=O)[C@@H]3C=Cc4ccccc4N32)cc1. The Balaban J connectivity index is 1.56. The molecular formula is C37H31NO7. The molecule has 2 aliphatic heterocycles. The first kappa shape index (κ1) is 28.4. The van der Waals surface area contributed by atoms with Crippen molar-refractivity contribution in [1.29, 1.82) is 0 Å². The van der Waals surface area contributed by atoms with Crippen molar-refractivity contribution in [2.75, 3.05) is 33.3 Å². The normalized spacial score (nSPS) is 20.4. The Kier molecular flexibility index (Phi) is 6.73. The summed E-state index contributed by atoms with van der Waals surface area (Å²) in [7, 11) is 6.09. The third-order valence-corrected chi connectivity index (χ3v) is 9.40. The van der Waals surface area contributed by atoms with E-state index in [-0.39, 0.29) is 17.3 Å². The van der Waals surface area contributed by atoms with Crippen LogP contribution in [0.1, 0.15) is 48.1 Å². The average molecular weight is 602 g/mol. The summed E-state index contributed by atoms with van der Waals surface area (Å²) in [6, 6.07) is 23.3. The van der Waals surface area contributed by atoms with E-state index in [0.717, 1.165) is 11.3 Å². The molecule has 2 heterocycles. The largest absolute Gasteiger partial charge is 0.497 e. The molecule has 1 fully saturated rings. The molecular weight excluding hydrogens is 570 g/mol. The van der Waals surface area contributed by atoms with Gasteiger partial charge in [-0.2, -0.15) is 0 Å². The second kappa shape index (κ2) is 10.7. The Hall–Kier alpha value is -5.37. The second-order valence-corrected chi connectivity index (χ2v) is 11.3. The third-order valence-electron chi connectivity index (χ3n) is 9.40. The lowest BCUT2D eigenvalue weighted by atomic mass is 9.64. The van der Waals surface area contributed by atoms with Crippen molar-refractivity contribution in [3.05, 3.63) is 119 Å². The van der Waals surface area contributed by atoms with Crippen molar-refractivity contribution in [3.8, 4) is 23.0 Å². The van der Waals surface area contributed by atoms with E-state index < -0.39 is 23.4 Å². The Morgan fingerprint density at radius 1 is 0.733 bits per heavy atom. The van der Waals surface area contributed by atoms with Gasteiger partial charge in [-0.15, -0.1) is 0 Å². The van der Waals surface area contributed by atoms with Crippen LogP contribution in [-0.4, -0.2) is 57.9 Å². The molecule has 0 unspecified atom stereocenters. The number of hydrogen-bond acceptors (Lipinski definition) is 8. The zero-order chi connectivity index (χ0) is 31.5. The summed E-state index contributed by atoms with van der Waals surface area (Å²) in [5, 5.41) is 0. The molecule has 226 valence electrons. The topological polar surface area (TPSA) is 91.4 Å². The summed E-state index contributed by atoms with van der Waals surface area (Å²) in [5.74, 6) is -0.117. The van der Waals surface area contributed by atoms with Gasteiger partial charge in [-0.3, -0.25) is 14.4 Å². The molecule has 3 atom stereocenters. The van der Waals surface area contributed by atoms with Gasteiger partial charge in [-0.05, 0) is 53.6 Å². The highest BCUT2D eigenvalue weighted by Crippen LogP contribution is 2.62. The molecule has 8 heteroatoms. The minimum atomic E-state index is -1.66.